The molecule has 0 radical (unpaired) electrons. The highest BCUT2D eigenvalue weighted by Gasteiger charge is 2.25. The minimum absolute atomic E-state index is 0.0106. The number of nitrogens with zero attached hydrogens (tertiary/aromatic N) is 2. The molecule has 0 atom stereocenters. The van der Waals surface area contributed by atoms with E-state index in [2.05, 4.69) is 20.6 Å². The van der Waals surface area contributed by atoms with E-state index in [0.717, 1.165) is 10.9 Å². The lowest BCUT2D eigenvalue weighted by Crippen LogP contribution is -2.12. The van der Waals surface area contributed by atoms with E-state index in [4.69, 9.17) is 0 Å². The number of alkyl halides is 3. The standard InChI is InChI=1S/C13H15F3N4/c1-17-12-19-10-6-3-2-5-9(10)11(20-12)18-8-4-7-13(14,15)16/h2-3,5-6H,4,7-8H2,1H3,(H2,17,18,19,20). The molecule has 0 bridgehead atoms. The summed E-state index contributed by atoms with van der Waals surface area (Å²) < 4.78 is 36.3. The first-order chi connectivity index (χ1) is 9.49. The number of rotatable bonds is 5. The number of hydrogen-bond acceptors (Lipinski definition) is 4. The number of anilines is 2. The molecule has 0 fully saturated rings. The molecule has 0 unspecified atom stereocenters. The van der Waals surface area contributed by atoms with Crippen LogP contribution in [0.15, 0.2) is 24.3 Å². The molecule has 2 rings (SSSR count). The number of benzene rings is 1. The minimum atomic E-state index is -4.12. The van der Waals surface area contributed by atoms with Gasteiger partial charge >= 0.3 is 6.18 Å². The Morgan fingerprint density at radius 2 is 1.90 bits per heavy atom. The van der Waals surface area contributed by atoms with Crippen molar-refractivity contribution in [1.82, 2.24) is 9.97 Å². The summed E-state index contributed by atoms with van der Waals surface area (Å²) in [5, 5.41) is 6.57. The summed E-state index contributed by atoms with van der Waals surface area (Å²) in [6.45, 7) is 0.212. The molecule has 1 heterocycles. The van der Waals surface area contributed by atoms with E-state index in [1.807, 2.05) is 24.3 Å². The Bertz CT molecular complexity index is 583. The van der Waals surface area contributed by atoms with Crippen molar-refractivity contribution in [2.75, 3.05) is 24.2 Å². The molecular weight excluding hydrogens is 269 g/mol. The van der Waals surface area contributed by atoms with Gasteiger partial charge in [-0.15, -0.1) is 0 Å². The average Bonchev–Trinajstić information content (AvgIpc) is 2.42. The summed E-state index contributed by atoms with van der Waals surface area (Å²) >= 11 is 0. The second-order valence-corrected chi connectivity index (χ2v) is 4.31. The van der Waals surface area contributed by atoms with Gasteiger partial charge in [-0.1, -0.05) is 12.1 Å². The van der Waals surface area contributed by atoms with Crippen LogP contribution in [0.4, 0.5) is 24.9 Å². The van der Waals surface area contributed by atoms with Crippen LogP contribution < -0.4 is 10.6 Å². The fourth-order valence-corrected chi connectivity index (χ4v) is 1.82. The molecule has 20 heavy (non-hydrogen) atoms. The lowest BCUT2D eigenvalue weighted by molar-refractivity contribution is -0.134. The summed E-state index contributed by atoms with van der Waals surface area (Å²) in [6.07, 6.45) is -4.91. The number of hydrogen-bond donors (Lipinski definition) is 2. The Hall–Kier alpha value is -2.05. The van der Waals surface area contributed by atoms with Crippen LogP contribution in [-0.4, -0.2) is 29.7 Å². The van der Waals surface area contributed by atoms with E-state index in [1.54, 1.807) is 7.05 Å². The number of nitrogens with one attached hydrogen (secondary N) is 2. The van der Waals surface area contributed by atoms with Crippen molar-refractivity contribution < 1.29 is 13.2 Å². The van der Waals surface area contributed by atoms with Crippen LogP contribution in [0.5, 0.6) is 0 Å². The fourth-order valence-electron chi connectivity index (χ4n) is 1.82. The van der Waals surface area contributed by atoms with Crippen molar-refractivity contribution in [2.24, 2.45) is 0 Å². The van der Waals surface area contributed by atoms with E-state index >= 15 is 0 Å². The number of halogens is 3. The normalized spacial score (nSPS) is 11.6. The van der Waals surface area contributed by atoms with Crippen LogP contribution in [0, 0.1) is 0 Å². The van der Waals surface area contributed by atoms with Gasteiger partial charge in [0.2, 0.25) is 5.95 Å². The molecule has 0 amide bonds. The van der Waals surface area contributed by atoms with Gasteiger partial charge in [-0.05, 0) is 18.6 Å². The van der Waals surface area contributed by atoms with Crippen LogP contribution in [0.2, 0.25) is 0 Å². The van der Waals surface area contributed by atoms with E-state index in [9.17, 15) is 13.2 Å². The van der Waals surface area contributed by atoms with Gasteiger partial charge in [-0.25, -0.2) is 4.98 Å². The van der Waals surface area contributed by atoms with Gasteiger partial charge in [0.15, 0.2) is 0 Å². The summed E-state index contributed by atoms with van der Waals surface area (Å²) in [5.41, 5.74) is 0.741. The summed E-state index contributed by atoms with van der Waals surface area (Å²) in [6, 6.07) is 7.35. The lowest BCUT2D eigenvalue weighted by atomic mass is 10.2. The number of fused-ring (bicyclic) bond motifs is 1. The first kappa shape index (κ1) is 14.4. The van der Waals surface area contributed by atoms with Gasteiger partial charge in [0.1, 0.15) is 5.82 Å². The van der Waals surface area contributed by atoms with Gasteiger partial charge in [-0.2, -0.15) is 18.2 Å². The molecule has 0 aliphatic rings. The zero-order valence-corrected chi connectivity index (χ0v) is 11.0. The molecule has 7 heteroatoms. The first-order valence-corrected chi connectivity index (χ1v) is 6.25. The van der Waals surface area contributed by atoms with E-state index in [1.165, 1.54) is 0 Å². The smallest absolute Gasteiger partial charge is 0.369 e. The number of para-hydroxylation sites is 1. The Labute approximate surface area is 114 Å². The van der Waals surface area contributed by atoms with E-state index < -0.39 is 12.6 Å². The highest BCUT2D eigenvalue weighted by Crippen LogP contribution is 2.23. The lowest BCUT2D eigenvalue weighted by Gasteiger charge is -2.11. The van der Waals surface area contributed by atoms with Crippen LogP contribution in [0.1, 0.15) is 12.8 Å². The van der Waals surface area contributed by atoms with Crippen molar-refractivity contribution in [3.8, 4) is 0 Å². The minimum Gasteiger partial charge on any atom is -0.369 e. The van der Waals surface area contributed by atoms with E-state index in [0.29, 0.717) is 11.8 Å². The SMILES string of the molecule is CNc1nc(NCCCC(F)(F)F)c2ccccc2n1. The summed E-state index contributed by atoms with van der Waals surface area (Å²) in [4.78, 5) is 8.52. The van der Waals surface area contributed by atoms with Gasteiger partial charge in [0, 0.05) is 25.4 Å². The summed E-state index contributed by atoms with van der Waals surface area (Å²) in [5.74, 6) is 0.976. The second kappa shape index (κ2) is 5.94. The van der Waals surface area contributed by atoms with Crippen molar-refractivity contribution >= 4 is 22.7 Å². The van der Waals surface area contributed by atoms with Crippen LogP contribution in [0.25, 0.3) is 10.9 Å². The maximum Gasteiger partial charge on any atom is 0.389 e. The molecule has 1 aromatic carbocycles. The Balaban J connectivity index is 2.12. The molecule has 0 saturated carbocycles. The molecule has 2 aromatic rings. The topological polar surface area (TPSA) is 49.8 Å². The van der Waals surface area contributed by atoms with Gasteiger partial charge < -0.3 is 10.6 Å². The highest BCUT2D eigenvalue weighted by atomic mass is 19.4. The summed E-state index contributed by atoms with van der Waals surface area (Å²) in [7, 11) is 1.69. The number of aromatic nitrogens is 2. The predicted octanol–water partition coefficient (Wildman–Crippen LogP) is 3.43. The van der Waals surface area contributed by atoms with Crippen molar-refractivity contribution in [2.45, 2.75) is 19.0 Å². The molecule has 0 aliphatic carbocycles. The largest absolute Gasteiger partial charge is 0.389 e. The maximum atomic E-state index is 12.1. The third-order valence-electron chi connectivity index (χ3n) is 2.76. The molecule has 0 aliphatic heterocycles. The predicted molar refractivity (Wildman–Crippen MR) is 72.9 cm³/mol. The van der Waals surface area contributed by atoms with Gasteiger partial charge in [-0.3, -0.25) is 0 Å². The second-order valence-electron chi connectivity index (χ2n) is 4.31. The molecule has 2 N–H and O–H groups in total. The van der Waals surface area contributed by atoms with Crippen molar-refractivity contribution in [3.05, 3.63) is 24.3 Å². The maximum absolute atomic E-state index is 12.1. The molecule has 1 aromatic heterocycles. The van der Waals surface area contributed by atoms with Crippen LogP contribution >= 0.6 is 0 Å². The first-order valence-electron chi connectivity index (χ1n) is 6.25. The zero-order chi connectivity index (χ0) is 14.6. The molecule has 0 spiro atoms. The monoisotopic (exact) mass is 284 g/mol. The molecular formula is C13H15F3N4. The van der Waals surface area contributed by atoms with Crippen LogP contribution in [-0.2, 0) is 0 Å². The van der Waals surface area contributed by atoms with Crippen LogP contribution in [0.3, 0.4) is 0 Å². The molecule has 0 saturated heterocycles. The van der Waals surface area contributed by atoms with Crippen molar-refractivity contribution in [1.29, 1.82) is 0 Å². The highest BCUT2D eigenvalue weighted by molar-refractivity contribution is 5.89. The van der Waals surface area contributed by atoms with E-state index in [-0.39, 0.29) is 13.0 Å². The molecule has 4 nitrogen and oxygen atoms in total. The molecule has 108 valence electrons. The Kier molecular flexibility index (Phi) is 4.26. The fraction of sp³-hybridized carbons (Fsp3) is 0.385. The van der Waals surface area contributed by atoms with Crippen molar-refractivity contribution in [3.63, 3.8) is 0 Å². The van der Waals surface area contributed by atoms with Gasteiger partial charge in [0.05, 0.1) is 5.52 Å². The third-order valence-corrected chi connectivity index (χ3v) is 2.76. The van der Waals surface area contributed by atoms with Gasteiger partial charge in [0.25, 0.3) is 0 Å². The Morgan fingerprint density at radius 3 is 2.60 bits per heavy atom. The average molecular weight is 284 g/mol. The third kappa shape index (κ3) is 3.72. The Morgan fingerprint density at radius 1 is 1.15 bits per heavy atom. The quantitative estimate of drug-likeness (QED) is 0.826. The zero-order valence-electron chi connectivity index (χ0n) is 11.0.